The number of carbonyl (C=O) groups excluding carboxylic acids is 2. The van der Waals surface area contributed by atoms with Crippen LogP contribution in [0.15, 0.2) is 6.20 Å². The fourth-order valence-corrected chi connectivity index (χ4v) is 2.87. The van der Waals surface area contributed by atoms with Crippen molar-refractivity contribution >= 4 is 11.8 Å². The van der Waals surface area contributed by atoms with Gasteiger partial charge in [-0.15, -0.1) is 0 Å². The van der Waals surface area contributed by atoms with E-state index >= 15 is 0 Å². The van der Waals surface area contributed by atoms with Crippen LogP contribution in [0.3, 0.4) is 0 Å². The highest BCUT2D eigenvalue weighted by atomic mass is 16.2. The van der Waals surface area contributed by atoms with Gasteiger partial charge < -0.3 is 10.2 Å². The molecule has 0 bridgehead atoms. The normalized spacial score (nSPS) is 21.3. The number of aromatic nitrogens is 2. The Morgan fingerprint density at radius 3 is 2.86 bits per heavy atom. The Kier molecular flexibility index (Phi) is 3.32. The molecule has 1 N–H and O–H groups in total. The van der Waals surface area contributed by atoms with Gasteiger partial charge in [-0.25, -0.2) is 9.97 Å². The highest BCUT2D eigenvalue weighted by Crippen LogP contribution is 2.38. The van der Waals surface area contributed by atoms with Crippen LogP contribution in [0.25, 0.3) is 0 Å². The Morgan fingerprint density at radius 2 is 2.14 bits per heavy atom. The van der Waals surface area contributed by atoms with Crippen LogP contribution in [0.2, 0.25) is 0 Å². The van der Waals surface area contributed by atoms with Crippen LogP contribution in [0, 0.1) is 0 Å². The second-order valence-electron chi connectivity index (χ2n) is 6.53. The lowest BCUT2D eigenvalue weighted by Gasteiger charge is -2.20. The van der Waals surface area contributed by atoms with E-state index in [9.17, 15) is 9.59 Å². The zero-order chi connectivity index (χ0) is 15.1. The maximum absolute atomic E-state index is 12.6. The zero-order valence-corrected chi connectivity index (χ0v) is 12.5. The quantitative estimate of drug-likeness (QED) is 0.901. The van der Waals surface area contributed by atoms with Gasteiger partial charge in [-0.2, -0.15) is 0 Å². The van der Waals surface area contributed by atoms with E-state index in [2.05, 4.69) is 15.3 Å². The molecule has 2 fully saturated rings. The molecule has 0 radical (unpaired) electrons. The summed E-state index contributed by atoms with van der Waals surface area (Å²) in [7, 11) is 0. The highest BCUT2D eigenvalue weighted by molar-refractivity contribution is 5.97. The third-order valence-electron chi connectivity index (χ3n) is 4.46. The highest BCUT2D eigenvalue weighted by Gasteiger charge is 2.31. The molecule has 1 aliphatic heterocycles. The molecule has 3 aliphatic rings. The van der Waals surface area contributed by atoms with E-state index in [1.807, 2.05) is 0 Å². The van der Waals surface area contributed by atoms with Crippen LogP contribution in [-0.4, -0.2) is 45.8 Å². The molecule has 2 saturated carbocycles. The number of aryl methyl sites for hydroxylation is 1. The summed E-state index contributed by atoms with van der Waals surface area (Å²) in [5.74, 6) is 1.20. The first-order chi connectivity index (χ1) is 10.7. The lowest BCUT2D eigenvalue weighted by molar-refractivity contribution is -0.121. The molecule has 0 atom stereocenters. The second-order valence-corrected chi connectivity index (χ2v) is 6.53. The topological polar surface area (TPSA) is 75.2 Å². The minimum absolute atomic E-state index is 0.0604. The van der Waals surface area contributed by atoms with Crippen LogP contribution < -0.4 is 5.32 Å². The predicted molar refractivity (Wildman–Crippen MR) is 79.4 cm³/mol. The molecule has 0 saturated heterocycles. The van der Waals surface area contributed by atoms with E-state index < -0.39 is 0 Å². The molecule has 0 aromatic carbocycles. The summed E-state index contributed by atoms with van der Waals surface area (Å²) in [6, 6.07) is 0.325. The molecular formula is C16H20N4O2. The summed E-state index contributed by atoms with van der Waals surface area (Å²) in [5, 5.41) is 2.93. The number of hydrogen-bond acceptors (Lipinski definition) is 4. The summed E-state index contributed by atoms with van der Waals surface area (Å²) in [4.78, 5) is 35.2. The van der Waals surface area contributed by atoms with E-state index in [0.29, 0.717) is 24.1 Å². The van der Waals surface area contributed by atoms with Crippen molar-refractivity contribution < 1.29 is 9.59 Å². The molecule has 2 amide bonds. The molecule has 0 spiro atoms. The van der Waals surface area contributed by atoms with Crippen LogP contribution in [0.4, 0.5) is 0 Å². The number of rotatable bonds is 4. The average molecular weight is 300 g/mol. The Balaban J connectivity index is 1.50. The van der Waals surface area contributed by atoms with E-state index in [-0.39, 0.29) is 18.4 Å². The van der Waals surface area contributed by atoms with E-state index in [1.165, 1.54) is 0 Å². The Morgan fingerprint density at radius 1 is 1.32 bits per heavy atom. The summed E-state index contributed by atoms with van der Waals surface area (Å²) in [6.45, 7) is 0.741. The van der Waals surface area contributed by atoms with Gasteiger partial charge in [0.25, 0.3) is 5.91 Å². The molecule has 4 rings (SSSR count). The summed E-state index contributed by atoms with van der Waals surface area (Å²) in [6.07, 6.45) is 7.71. The van der Waals surface area contributed by atoms with E-state index in [0.717, 1.165) is 50.0 Å². The lowest BCUT2D eigenvalue weighted by Crippen LogP contribution is -2.41. The fraction of sp³-hybridized carbons (Fsp3) is 0.625. The molecule has 1 aromatic heterocycles. The standard InChI is InChI=1S/C16H20N4O2/c21-14(18-11-5-6-11)9-20-7-1-2-13-12(16(20)22)8-17-15(19-13)10-3-4-10/h8,10-11H,1-7,9H2,(H,18,21). The van der Waals surface area contributed by atoms with Gasteiger partial charge in [0, 0.05) is 24.7 Å². The van der Waals surface area contributed by atoms with E-state index in [4.69, 9.17) is 0 Å². The van der Waals surface area contributed by atoms with Gasteiger partial charge >= 0.3 is 0 Å². The number of nitrogens with zero attached hydrogens (tertiary/aromatic N) is 3. The minimum atomic E-state index is -0.110. The van der Waals surface area contributed by atoms with Crippen molar-refractivity contribution in [1.82, 2.24) is 20.2 Å². The summed E-state index contributed by atoms with van der Waals surface area (Å²) >= 11 is 0. The zero-order valence-electron chi connectivity index (χ0n) is 12.5. The Bertz CT molecular complexity index is 623. The minimum Gasteiger partial charge on any atom is -0.352 e. The molecule has 6 heteroatoms. The maximum Gasteiger partial charge on any atom is 0.257 e. The SMILES string of the molecule is O=C(CN1CCCc2nc(C3CC3)ncc2C1=O)NC1CC1. The van der Waals surface area contributed by atoms with Crippen molar-refractivity contribution in [3.63, 3.8) is 0 Å². The van der Waals surface area contributed by atoms with Gasteiger partial charge in [0.1, 0.15) is 5.82 Å². The first-order valence-electron chi connectivity index (χ1n) is 8.15. The predicted octanol–water partition coefficient (Wildman–Crippen LogP) is 1.02. The molecule has 2 aliphatic carbocycles. The van der Waals surface area contributed by atoms with Crippen molar-refractivity contribution in [3.8, 4) is 0 Å². The molecule has 2 heterocycles. The van der Waals surface area contributed by atoms with Crippen LogP contribution >= 0.6 is 0 Å². The van der Waals surface area contributed by atoms with Gasteiger partial charge in [-0.3, -0.25) is 9.59 Å². The van der Waals surface area contributed by atoms with Crippen molar-refractivity contribution in [1.29, 1.82) is 0 Å². The summed E-state index contributed by atoms with van der Waals surface area (Å²) in [5.41, 5.74) is 1.42. The molecule has 0 unspecified atom stereocenters. The van der Waals surface area contributed by atoms with Crippen molar-refractivity contribution in [2.45, 2.75) is 50.5 Å². The van der Waals surface area contributed by atoms with Gasteiger partial charge in [0.2, 0.25) is 5.91 Å². The van der Waals surface area contributed by atoms with E-state index in [1.54, 1.807) is 11.1 Å². The number of carbonyl (C=O) groups is 2. The fourth-order valence-electron chi connectivity index (χ4n) is 2.87. The van der Waals surface area contributed by atoms with Gasteiger partial charge in [0.05, 0.1) is 17.8 Å². The second kappa shape index (κ2) is 5.34. The largest absolute Gasteiger partial charge is 0.352 e. The first-order valence-corrected chi connectivity index (χ1v) is 8.15. The smallest absolute Gasteiger partial charge is 0.257 e. The number of amides is 2. The van der Waals surface area contributed by atoms with Crippen molar-refractivity contribution in [2.24, 2.45) is 0 Å². The van der Waals surface area contributed by atoms with Gasteiger partial charge in [-0.1, -0.05) is 0 Å². The monoisotopic (exact) mass is 300 g/mol. The summed E-state index contributed by atoms with van der Waals surface area (Å²) < 4.78 is 0. The molecule has 22 heavy (non-hydrogen) atoms. The van der Waals surface area contributed by atoms with Crippen molar-refractivity contribution in [3.05, 3.63) is 23.3 Å². The molecule has 116 valence electrons. The van der Waals surface area contributed by atoms with Crippen LogP contribution in [0.5, 0.6) is 0 Å². The number of fused-ring (bicyclic) bond motifs is 1. The number of nitrogens with one attached hydrogen (secondary N) is 1. The average Bonchev–Trinajstić information content (AvgIpc) is 3.36. The molecule has 6 nitrogen and oxygen atoms in total. The van der Waals surface area contributed by atoms with Crippen LogP contribution in [0.1, 0.15) is 59.9 Å². The lowest BCUT2D eigenvalue weighted by atomic mass is 10.1. The maximum atomic E-state index is 12.6. The third-order valence-corrected chi connectivity index (χ3v) is 4.46. The van der Waals surface area contributed by atoms with Gasteiger partial charge in [-0.05, 0) is 38.5 Å². The molecule has 1 aromatic rings. The van der Waals surface area contributed by atoms with Crippen molar-refractivity contribution in [2.75, 3.05) is 13.1 Å². The third kappa shape index (κ3) is 2.82. The van der Waals surface area contributed by atoms with Crippen LogP contribution in [-0.2, 0) is 11.2 Å². The Labute approximate surface area is 129 Å². The van der Waals surface area contributed by atoms with Gasteiger partial charge in [0.15, 0.2) is 0 Å². The Hall–Kier alpha value is -1.98. The molecular weight excluding hydrogens is 280 g/mol. The first kappa shape index (κ1) is 13.7. The number of hydrogen-bond donors (Lipinski definition) is 1.